The van der Waals surface area contributed by atoms with E-state index in [4.69, 9.17) is 18.0 Å². The normalized spacial score (nSPS) is 11.4. The summed E-state index contributed by atoms with van der Waals surface area (Å²) in [5.41, 5.74) is 5.55. The van der Waals surface area contributed by atoms with Gasteiger partial charge in [-0.25, -0.2) is 0 Å². The Morgan fingerprint density at radius 1 is 0.318 bits per heavy atom. The Balaban J connectivity index is 3.04. The molecule has 0 aromatic heterocycles. The lowest BCUT2D eigenvalue weighted by atomic mass is 10.0. The van der Waals surface area contributed by atoms with E-state index in [-0.39, 0.29) is 0 Å². The van der Waals surface area contributed by atoms with Gasteiger partial charge in [-0.3, -0.25) is 0 Å². The van der Waals surface area contributed by atoms with Crippen LogP contribution in [0.3, 0.4) is 0 Å². The van der Waals surface area contributed by atoms with Gasteiger partial charge in [-0.2, -0.15) is 0 Å². The first-order valence-corrected chi connectivity index (χ1v) is 21.3. The quantitative estimate of drug-likeness (QED) is 0.0351. The number of hydrogen-bond donors (Lipinski definition) is 3. The fourth-order valence-electron chi connectivity index (χ4n) is 6.65. The van der Waals surface area contributed by atoms with E-state index in [1.54, 1.807) is 0 Å². The minimum atomic E-state index is 0.630. The van der Waals surface area contributed by atoms with Crippen molar-refractivity contribution in [3.63, 3.8) is 0 Å². The molecule has 0 radical (unpaired) electrons. The SMILES string of the molecule is NCCCCCCCCCCCCCCCCCCCCCCCCCCCCCCCCCCCCCCCNC(=S)S. The van der Waals surface area contributed by atoms with Crippen LogP contribution in [-0.2, 0) is 0 Å². The van der Waals surface area contributed by atoms with Gasteiger partial charge in [0.05, 0.1) is 0 Å². The van der Waals surface area contributed by atoms with Gasteiger partial charge in [0.15, 0.2) is 0 Å². The zero-order valence-electron chi connectivity index (χ0n) is 30.0. The highest BCUT2D eigenvalue weighted by Gasteiger charge is 1.98. The first-order chi connectivity index (χ1) is 21.8. The van der Waals surface area contributed by atoms with Crippen LogP contribution in [0.5, 0.6) is 0 Å². The second-order valence-electron chi connectivity index (χ2n) is 14.1. The highest BCUT2D eigenvalue weighted by molar-refractivity contribution is 8.11. The van der Waals surface area contributed by atoms with E-state index < -0.39 is 0 Å². The summed E-state index contributed by atoms with van der Waals surface area (Å²) >= 11 is 9.00. The molecule has 0 aromatic carbocycles. The highest BCUT2D eigenvalue weighted by Crippen LogP contribution is 2.17. The van der Waals surface area contributed by atoms with Crippen molar-refractivity contribution in [3.8, 4) is 0 Å². The van der Waals surface area contributed by atoms with Crippen molar-refractivity contribution in [1.29, 1.82) is 0 Å². The number of rotatable bonds is 39. The molecule has 0 aromatic rings. The Hall–Kier alpha value is 0.200. The predicted octanol–water partition coefficient (Wildman–Crippen LogP) is 14.2. The molecule has 0 saturated carbocycles. The number of unbranched alkanes of at least 4 members (excludes halogenated alkanes) is 36. The van der Waals surface area contributed by atoms with Gasteiger partial charge in [-0.1, -0.05) is 237 Å². The van der Waals surface area contributed by atoms with Crippen molar-refractivity contribution in [1.82, 2.24) is 5.32 Å². The summed E-state index contributed by atoms with van der Waals surface area (Å²) in [4.78, 5) is 0. The lowest BCUT2D eigenvalue weighted by Crippen LogP contribution is -2.17. The molecule has 0 atom stereocenters. The van der Waals surface area contributed by atoms with Crippen molar-refractivity contribution in [3.05, 3.63) is 0 Å². The molecule has 0 amide bonds. The van der Waals surface area contributed by atoms with E-state index >= 15 is 0 Å². The Bertz CT molecular complexity index is 528. The molecule has 0 aliphatic rings. The molecule has 0 aliphatic heterocycles. The number of thiocarbonyl (C=S) groups is 1. The molecule has 0 fully saturated rings. The van der Waals surface area contributed by atoms with Gasteiger partial charge < -0.3 is 11.1 Å². The maximum absolute atomic E-state index is 5.55. The van der Waals surface area contributed by atoms with Crippen molar-refractivity contribution in [2.75, 3.05) is 13.1 Å². The first-order valence-electron chi connectivity index (χ1n) is 20.4. The second-order valence-corrected chi connectivity index (χ2v) is 15.3. The van der Waals surface area contributed by atoms with Crippen LogP contribution in [0.1, 0.15) is 238 Å². The second kappa shape index (κ2) is 41.2. The van der Waals surface area contributed by atoms with E-state index in [0.29, 0.717) is 4.32 Å². The van der Waals surface area contributed by atoms with Gasteiger partial charge in [0.25, 0.3) is 0 Å². The maximum atomic E-state index is 5.55. The molecular formula is C40H82N2S2. The molecule has 264 valence electrons. The lowest BCUT2D eigenvalue weighted by Gasteiger charge is -2.05. The third-order valence-corrected chi connectivity index (χ3v) is 9.96. The van der Waals surface area contributed by atoms with Crippen LogP contribution in [0.2, 0.25) is 0 Å². The van der Waals surface area contributed by atoms with Crippen LogP contribution < -0.4 is 11.1 Å². The smallest absolute Gasteiger partial charge is 0.130 e. The summed E-state index contributed by atoms with van der Waals surface area (Å²) in [6.45, 7) is 1.86. The van der Waals surface area contributed by atoms with Crippen LogP contribution in [0, 0.1) is 0 Å². The summed E-state index contributed by atoms with van der Waals surface area (Å²) in [5.74, 6) is 0. The summed E-state index contributed by atoms with van der Waals surface area (Å²) in [6, 6.07) is 0. The van der Waals surface area contributed by atoms with Crippen LogP contribution in [0.15, 0.2) is 0 Å². The molecule has 0 spiro atoms. The van der Waals surface area contributed by atoms with Gasteiger partial charge in [-0.05, 0) is 19.4 Å². The van der Waals surface area contributed by atoms with Gasteiger partial charge in [0.1, 0.15) is 4.32 Å². The molecule has 0 unspecified atom stereocenters. The summed E-state index contributed by atoms with van der Waals surface area (Å²) < 4.78 is 0.630. The molecule has 4 heteroatoms. The Morgan fingerprint density at radius 3 is 0.636 bits per heavy atom. The maximum Gasteiger partial charge on any atom is 0.130 e. The fraction of sp³-hybridized carbons (Fsp3) is 0.975. The Kier molecular flexibility index (Phi) is 41.4. The summed E-state index contributed by atoms with van der Waals surface area (Å²) in [7, 11) is 0. The van der Waals surface area contributed by atoms with Crippen molar-refractivity contribution in [2.45, 2.75) is 238 Å². The first kappa shape index (κ1) is 44.2. The summed E-state index contributed by atoms with van der Waals surface area (Å²) in [5, 5.41) is 3.12. The Morgan fingerprint density at radius 2 is 0.477 bits per heavy atom. The molecule has 0 bridgehead atoms. The standard InChI is InChI=1S/C40H82N2S2/c41-38-36-34-32-30-28-26-24-22-20-18-16-14-12-10-8-6-4-2-1-3-5-7-9-11-13-15-17-19-21-23-25-27-29-31-33-35-37-39-42-40(43)44/h1-39,41H2,(H2,42,43,44). The number of nitrogens with two attached hydrogens (primary N) is 1. The van der Waals surface area contributed by atoms with E-state index in [2.05, 4.69) is 17.9 Å². The molecule has 3 N–H and O–H groups in total. The van der Waals surface area contributed by atoms with E-state index in [1.165, 1.54) is 238 Å². The molecule has 2 nitrogen and oxygen atoms in total. The van der Waals surface area contributed by atoms with Crippen molar-refractivity contribution >= 4 is 29.2 Å². The van der Waals surface area contributed by atoms with Gasteiger partial charge in [-0.15, -0.1) is 12.6 Å². The molecule has 0 rings (SSSR count). The average molecular weight is 655 g/mol. The average Bonchev–Trinajstić information content (AvgIpc) is 3.02. The molecule has 44 heavy (non-hydrogen) atoms. The Labute approximate surface area is 289 Å². The third-order valence-electron chi connectivity index (χ3n) is 9.66. The topological polar surface area (TPSA) is 38.0 Å². The van der Waals surface area contributed by atoms with Gasteiger partial charge in [0.2, 0.25) is 0 Å². The lowest BCUT2D eigenvalue weighted by molar-refractivity contribution is 0.510. The van der Waals surface area contributed by atoms with Gasteiger partial charge >= 0.3 is 0 Å². The number of thiol groups is 1. The zero-order chi connectivity index (χ0) is 31.9. The minimum absolute atomic E-state index is 0.630. The zero-order valence-corrected chi connectivity index (χ0v) is 31.7. The molecule has 0 saturated heterocycles. The van der Waals surface area contributed by atoms with Crippen LogP contribution in [0.4, 0.5) is 0 Å². The van der Waals surface area contributed by atoms with Crippen molar-refractivity contribution < 1.29 is 0 Å². The predicted molar refractivity (Wildman–Crippen MR) is 209 cm³/mol. The van der Waals surface area contributed by atoms with E-state index in [0.717, 1.165) is 13.1 Å². The van der Waals surface area contributed by atoms with Crippen LogP contribution in [-0.4, -0.2) is 17.4 Å². The molecule has 0 heterocycles. The highest BCUT2D eigenvalue weighted by atomic mass is 32.1. The number of nitrogens with one attached hydrogen (secondary N) is 1. The largest absolute Gasteiger partial charge is 0.371 e. The van der Waals surface area contributed by atoms with Crippen LogP contribution in [0.25, 0.3) is 0 Å². The minimum Gasteiger partial charge on any atom is -0.371 e. The molecular weight excluding hydrogens is 573 g/mol. The van der Waals surface area contributed by atoms with Crippen LogP contribution >= 0.6 is 24.8 Å². The number of hydrogen-bond acceptors (Lipinski definition) is 2. The van der Waals surface area contributed by atoms with E-state index in [1.807, 2.05) is 0 Å². The van der Waals surface area contributed by atoms with E-state index in [9.17, 15) is 0 Å². The van der Waals surface area contributed by atoms with Gasteiger partial charge in [0, 0.05) is 6.54 Å². The third kappa shape index (κ3) is 42.2. The molecule has 0 aliphatic carbocycles. The summed E-state index contributed by atoms with van der Waals surface area (Å²) in [6.07, 6.45) is 53.4. The monoisotopic (exact) mass is 655 g/mol. The van der Waals surface area contributed by atoms with Crippen molar-refractivity contribution in [2.24, 2.45) is 5.73 Å². The fourth-order valence-corrected chi connectivity index (χ4v) is 6.87.